The van der Waals surface area contributed by atoms with Gasteiger partial charge in [0.2, 0.25) is 0 Å². The number of hydrogen-bond acceptors (Lipinski definition) is 2. The summed E-state index contributed by atoms with van der Waals surface area (Å²) in [6, 6.07) is 1.88. The van der Waals surface area contributed by atoms with Gasteiger partial charge in [-0.15, -0.1) is 0 Å². The van der Waals surface area contributed by atoms with Crippen molar-refractivity contribution in [1.29, 1.82) is 0 Å². The molecule has 0 saturated carbocycles. The van der Waals surface area contributed by atoms with Crippen molar-refractivity contribution in [2.75, 3.05) is 4.90 Å². The molecule has 2 heterocycles. The highest BCUT2D eigenvalue weighted by Gasteiger charge is 2.39. The van der Waals surface area contributed by atoms with Crippen LogP contribution in [0.25, 0.3) is 0 Å². The van der Waals surface area contributed by atoms with Gasteiger partial charge < -0.3 is 5.11 Å². The molecule has 0 aromatic carbocycles. The van der Waals surface area contributed by atoms with Crippen molar-refractivity contribution < 1.29 is 9.90 Å². The lowest BCUT2D eigenvalue weighted by Gasteiger charge is -2.42. The smallest absolute Gasteiger partial charge is 0.412 e. The third-order valence-electron chi connectivity index (χ3n) is 3.61. The van der Waals surface area contributed by atoms with Gasteiger partial charge >= 0.3 is 6.09 Å². The highest BCUT2D eigenvalue weighted by Crippen LogP contribution is 2.39. The Labute approximate surface area is 108 Å². The Bertz CT molecular complexity index is 477. The Hall–Kier alpha value is -1.58. The average molecular weight is 248 g/mol. The monoisotopic (exact) mass is 248 g/mol. The van der Waals surface area contributed by atoms with Crippen LogP contribution < -0.4 is 4.90 Å². The molecule has 1 aliphatic heterocycles. The molecule has 1 aromatic heterocycles. The highest BCUT2D eigenvalue weighted by molar-refractivity contribution is 5.89. The number of rotatable bonds is 0. The summed E-state index contributed by atoms with van der Waals surface area (Å²) in [6.45, 7) is 8.21. The molecule has 1 N–H and O–H groups in total. The largest absolute Gasteiger partial charge is 0.465 e. The Kier molecular flexibility index (Phi) is 3.05. The maximum Gasteiger partial charge on any atom is 0.412 e. The molecular weight excluding hydrogens is 228 g/mol. The van der Waals surface area contributed by atoms with Crippen molar-refractivity contribution in [2.24, 2.45) is 5.41 Å². The lowest BCUT2D eigenvalue weighted by molar-refractivity contribution is 0.185. The van der Waals surface area contributed by atoms with Crippen molar-refractivity contribution in [1.82, 2.24) is 4.98 Å². The van der Waals surface area contributed by atoms with Crippen molar-refractivity contribution in [2.45, 2.75) is 46.6 Å². The number of fused-ring (bicyclic) bond motifs is 1. The van der Waals surface area contributed by atoms with Crippen LogP contribution in [-0.2, 0) is 6.42 Å². The summed E-state index contributed by atoms with van der Waals surface area (Å²) in [5.74, 6) is 0. The van der Waals surface area contributed by atoms with Crippen LogP contribution in [0.5, 0.6) is 0 Å². The molecule has 98 valence electrons. The second-order valence-corrected chi connectivity index (χ2v) is 6.00. The first-order valence-electron chi connectivity index (χ1n) is 6.29. The van der Waals surface area contributed by atoms with Crippen LogP contribution in [-0.4, -0.2) is 22.2 Å². The number of pyridine rings is 1. The van der Waals surface area contributed by atoms with Crippen molar-refractivity contribution in [3.8, 4) is 0 Å². The minimum atomic E-state index is -0.882. The zero-order valence-corrected chi connectivity index (χ0v) is 11.4. The molecule has 4 heteroatoms. The molecule has 0 spiro atoms. The van der Waals surface area contributed by atoms with E-state index in [2.05, 4.69) is 25.8 Å². The molecule has 1 atom stereocenters. The normalized spacial score (nSPS) is 19.6. The topological polar surface area (TPSA) is 53.4 Å². The van der Waals surface area contributed by atoms with Crippen LogP contribution in [0.1, 0.15) is 38.4 Å². The molecule has 18 heavy (non-hydrogen) atoms. The Morgan fingerprint density at radius 3 is 2.72 bits per heavy atom. The van der Waals surface area contributed by atoms with Gasteiger partial charge in [-0.1, -0.05) is 20.8 Å². The molecule has 4 nitrogen and oxygen atoms in total. The summed E-state index contributed by atoms with van der Waals surface area (Å²) in [6.07, 6.45) is 2.56. The fraction of sp³-hybridized carbons (Fsp3) is 0.571. The molecule has 1 amide bonds. The molecule has 0 bridgehead atoms. The van der Waals surface area contributed by atoms with E-state index in [4.69, 9.17) is 0 Å². The zero-order valence-electron chi connectivity index (χ0n) is 11.4. The van der Waals surface area contributed by atoms with Gasteiger partial charge in [-0.3, -0.25) is 9.88 Å². The molecule has 0 aliphatic carbocycles. The van der Waals surface area contributed by atoms with E-state index < -0.39 is 6.09 Å². The number of anilines is 1. The molecule has 0 radical (unpaired) electrons. The van der Waals surface area contributed by atoms with Crippen molar-refractivity contribution in [3.05, 3.63) is 23.5 Å². The van der Waals surface area contributed by atoms with Gasteiger partial charge in [0.05, 0.1) is 11.4 Å². The van der Waals surface area contributed by atoms with E-state index >= 15 is 0 Å². The van der Waals surface area contributed by atoms with Crippen LogP contribution in [0.2, 0.25) is 0 Å². The minimum Gasteiger partial charge on any atom is -0.465 e. The van der Waals surface area contributed by atoms with Crippen molar-refractivity contribution in [3.63, 3.8) is 0 Å². The van der Waals surface area contributed by atoms with E-state index in [9.17, 15) is 9.90 Å². The first kappa shape index (κ1) is 12.9. The van der Waals surface area contributed by atoms with Crippen LogP contribution in [0.15, 0.2) is 12.3 Å². The number of carbonyl (C=O) groups is 1. The molecule has 0 saturated heterocycles. The van der Waals surface area contributed by atoms with Crippen LogP contribution >= 0.6 is 0 Å². The number of nitrogens with zero attached hydrogens (tertiary/aromatic N) is 2. The fourth-order valence-electron chi connectivity index (χ4n) is 2.73. The third-order valence-corrected chi connectivity index (χ3v) is 3.61. The number of aryl methyl sites for hydroxylation is 2. The second-order valence-electron chi connectivity index (χ2n) is 6.00. The predicted octanol–water partition coefficient (Wildman–Crippen LogP) is 3.24. The van der Waals surface area contributed by atoms with E-state index in [0.29, 0.717) is 0 Å². The van der Waals surface area contributed by atoms with Gasteiger partial charge in [0.1, 0.15) is 0 Å². The number of carboxylic acid groups (broad SMARTS) is 1. The summed E-state index contributed by atoms with van der Waals surface area (Å²) in [7, 11) is 0. The summed E-state index contributed by atoms with van der Waals surface area (Å²) < 4.78 is 0. The van der Waals surface area contributed by atoms with Gasteiger partial charge in [-0.05, 0) is 36.8 Å². The maximum atomic E-state index is 11.6. The Morgan fingerprint density at radius 1 is 1.50 bits per heavy atom. The number of hydrogen-bond donors (Lipinski definition) is 1. The standard InChI is InChI=1S/C14H20N2O2/c1-9-7-8-15-10-5-6-11(14(2,3)4)16(12(9)10)13(17)18/h7-8,11H,5-6H2,1-4H3,(H,17,18). The van der Waals surface area contributed by atoms with E-state index in [1.165, 1.54) is 4.90 Å². The fourth-order valence-corrected chi connectivity index (χ4v) is 2.73. The van der Waals surface area contributed by atoms with E-state index in [-0.39, 0.29) is 11.5 Å². The van der Waals surface area contributed by atoms with Crippen LogP contribution in [0.4, 0.5) is 10.5 Å². The maximum absolute atomic E-state index is 11.6. The molecule has 2 rings (SSSR count). The first-order valence-corrected chi connectivity index (χ1v) is 6.29. The van der Waals surface area contributed by atoms with Gasteiger partial charge in [0.15, 0.2) is 0 Å². The third kappa shape index (κ3) is 2.07. The number of aromatic nitrogens is 1. The first-order chi connectivity index (χ1) is 8.32. The summed E-state index contributed by atoms with van der Waals surface area (Å²) >= 11 is 0. The second kappa shape index (κ2) is 4.26. The predicted molar refractivity (Wildman–Crippen MR) is 71.0 cm³/mol. The van der Waals surface area contributed by atoms with E-state index in [0.717, 1.165) is 29.8 Å². The Balaban J connectivity index is 2.55. The van der Waals surface area contributed by atoms with Crippen LogP contribution in [0.3, 0.4) is 0 Å². The number of amides is 1. The molecule has 1 unspecified atom stereocenters. The molecule has 1 aliphatic rings. The van der Waals surface area contributed by atoms with Gasteiger partial charge in [-0.2, -0.15) is 0 Å². The van der Waals surface area contributed by atoms with Crippen molar-refractivity contribution >= 4 is 11.8 Å². The zero-order chi connectivity index (χ0) is 13.5. The summed E-state index contributed by atoms with van der Waals surface area (Å²) in [5.41, 5.74) is 2.60. The van der Waals surface area contributed by atoms with E-state index in [1.807, 2.05) is 13.0 Å². The lowest BCUT2D eigenvalue weighted by Crippen LogP contribution is -2.50. The van der Waals surface area contributed by atoms with Crippen LogP contribution in [0, 0.1) is 12.3 Å². The molecular formula is C14H20N2O2. The van der Waals surface area contributed by atoms with E-state index in [1.54, 1.807) is 6.20 Å². The minimum absolute atomic E-state index is 0.00500. The highest BCUT2D eigenvalue weighted by atomic mass is 16.4. The summed E-state index contributed by atoms with van der Waals surface area (Å²) in [4.78, 5) is 17.5. The molecule has 1 aromatic rings. The van der Waals surface area contributed by atoms with Gasteiger partial charge in [0, 0.05) is 12.2 Å². The SMILES string of the molecule is Cc1ccnc2c1N(C(=O)O)C(C(C)(C)C)CC2. The average Bonchev–Trinajstić information content (AvgIpc) is 2.26. The van der Waals surface area contributed by atoms with Gasteiger partial charge in [-0.25, -0.2) is 4.79 Å². The molecule has 0 fully saturated rings. The van der Waals surface area contributed by atoms with Gasteiger partial charge in [0.25, 0.3) is 0 Å². The lowest BCUT2D eigenvalue weighted by atomic mass is 9.80. The Morgan fingerprint density at radius 2 is 2.17 bits per heavy atom. The quantitative estimate of drug-likeness (QED) is 0.766. The summed E-state index contributed by atoms with van der Waals surface area (Å²) in [5, 5.41) is 9.54.